The summed E-state index contributed by atoms with van der Waals surface area (Å²) in [6.45, 7) is 6.05. The standard InChI is InChI=1S/C13H22N2O/c1-11(2)14-10-12-4-6-13(7-5-12)15(3)8-9-16/h4-7,11,14,16H,8-10H2,1-3H3. The van der Waals surface area contributed by atoms with Crippen LogP contribution in [-0.4, -0.2) is 31.3 Å². The van der Waals surface area contributed by atoms with E-state index >= 15 is 0 Å². The first kappa shape index (κ1) is 13.0. The van der Waals surface area contributed by atoms with Crippen LogP contribution in [0.1, 0.15) is 19.4 Å². The first-order valence-electron chi connectivity index (χ1n) is 5.78. The number of nitrogens with one attached hydrogen (secondary N) is 1. The molecule has 1 rings (SSSR count). The lowest BCUT2D eigenvalue weighted by Crippen LogP contribution is -2.22. The van der Waals surface area contributed by atoms with E-state index in [-0.39, 0.29) is 6.61 Å². The van der Waals surface area contributed by atoms with Gasteiger partial charge < -0.3 is 15.3 Å². The van der Waals surface area contributed by atoms with Crippen molar-refractivity contribution in [3.05, 3.63) is 29.8 Å². The topological polar surface area (TPSA) is 35.5 Å². The van der Waals surface area contributed by atoms with Gasteiger partial charge in [-0.05, 0) is 17.7 Å². The number of hydrogen-bond acceptors (Lipinski definition) is 3. The van der Waals surface area contributed by atoms with Crippen molar-refractivity contribution in [3.8, 4) is 0 Å². The minimum Gasteiger partial charge on any atom is -0.395 e. The van der Waals surface area contributed by atoms with Crippen LogP contribution in [0.2, 0.25) is 0 Å². The largest absolute Gasteiger partial charge is 0.395 e. The maximum absolute atomic E-state index is 8.85. The Morgan fingerprint density at radius 1 is 1.25 bits per heavy atom. The van der Waals surface area contributed by atoms with Crippen molar-refractivity contribution >= 4 is 5.69 Å². The Balaban J connectivity index is 2.53. The highest BCUT2D eigenvalue weighted by atomic mass is 16.3. The van der Waals surface area contributed by atoms with Crippen LogP contribution in [0.5, 0.6) is 0 Å². The van der Waals surface area contributed by atoms with Crippen LogP contribution in [0, 0.1) is 0 Å². The highest BCUT2D eigenvalue weighted by Gasteiger charge is 2.00. The summed E-state index contributed by atoms with van der Waals surface area (Å²) < 4.78 is 0. The van der Waals surface area contributed by atoms with Gasteiger partial charge in [0.25, 0.3) is 0 Å². The Hall–Kier alpha value is -1.06. The quantitative estimate of drug-likeness (QED) is 0.767. The molecule has 0 spiro atoms. The van der Waals surface area contributed by atoms with E-state index in [0.29, 0.717) is 12.6 Å². The van der Waals surface area contributed by atoms with Gasteiger partial charge in [-0.1, -0.05) is 26.0 Å². The molecule has 0 aromatic heterocycles. The maximum atomic E-state index is 8.85. The lowest BCUT2D eigenvalue weighted by molar-refractivity contribution is 0.304. The molecule has 0 aliphatic carbocycles. The van der Waals surface area contributed by atoms with Crippen molar-refractivity contribution in [2.45, 2.75) is 26.4 Å². The second-order valence-electron chi connectivity index (χ2n) is 4.35. The summed E-state index contributed by atoms with van der Waals surface area (Å²) >= 11 is 0. The SMILES string of the molecule is CC(C)NCc1ccc(N(C)CCO)cc1. The Labute approximate surface area is 98.1 Å². The van der Waals surface area contributed by atoms with E-state index in [9.17, 15) is 0 Å². The molecule has 0 bridgehead atoms. The maximum Gasteiger partial charge on any atom is 0.0606 e. The number of aliphatic hydroxyl groups excluding tert-OH is 1. The zero-order valence-corrected chi connectivity index (χ0v) is 10.4. The van der Waals surface area contributed by atoms with Crippen LogP contribution in [-0.2, 0) is 6.54 Å². The summed E-state index contributed by atoms with van der Waals surface area (Å²) in [4.78, 5) is 2.04. The van der Waals surface area contributed by atoms with Gasteiger partial charge in [-0.3, -0.25) is 0 Å². The van der Waals surface area contributed by atoms with Gasteiger partial charge in [-0.15, -0.1) is 0 Å². The number of aliphatic hydroxyl groups is 1. The van der Waals surface area contributed by atoms with Crippen molar-refractivity contribution in [1.82, 2.24) is 5.32 Å². The summed E-state index contributed by atoms with van der Waals surface area (Å²) in [5.74, 6) is 0. The van der Waals surface area contributed by atoms with Crippen LogP contribution in [0.25, 0.3) is 0 Å². The molecule has 3 nitrogen and oxygen atoms in total. The molecule has 0 saturated heterocycles. The smallest absolute Gasteiger partial charge is 0.0606 e. The number of nitrogens with zero attached hydrogens (tertiary/aromatic N) is 1. The van der Waals surface area contributed by atoms with Crippen LogP contribution in [0.15, 0.2) is 24.3 Å². The highest BCUT2D eigenvalue weighted by molar-refractivity contribution is 5.46. The molecule has 0 aliphatic rings. The van der Waals surface area contributed by atoms with Gasteiger partial charge in [0.05, 0.1) is 6.61 Å². The number of hydrogen-bond donors (Lipinski definition) is 2. The molecule has 1 aromatic carbocycles. The predicted molar refractivity (Wildman–Crippen MR) is 68.8 cm³/mol. The first-order valence-corrected chi connectivity index (χ1v) is 5.78. The molecule has 0 saturated carbocycles. The zero-order valence-electron chi connectivity index (χ0n) is 10.4. The van der Waals surface area contributed by atoms with Crippen LogP contribution in [0.3, 0.4) is 0 Å². The van der Waals surface area contributed by atoms with E-state index in [0.717, 1.165) is 12.2 Å². The molecule has 0 amide bonds. The van der Waals surface area contributed by atoms with Crippen molar-refractivity contribution in [2.75, 3.05) is 25.1 Å². The van der Waals surface area contributed by atoms with E-state index in [4.69, 9.17) is 5.11 Å². The molecule has 0 atom stereocenters. The fourth-order valence-electron chi connectivity index (χ4n) is 1.47. The molecule has 1 aromatic rings. The summed E-state index contributed by atoms with van der Waals surface area (Å²) in [6, 6.07) is 8.94. The van der Waals surface area contributed by atoms with Gasteiger partial charge in [-0.25, -0.2) is 0 Å². The molecule has 0 radical (unpaired) electrons. The number of likely N-dealkylation sites (N-methyl/N-ethyl adjacent to an activating group) is 1. The molecule has 0 aliphatic heterocycles. The van der Waals surface area contributed by atoms with Crippen molar-refractivity contribution in [2.24, 2.45) is 0 Å². The fourth-order valence-corrected chi connectivity index (χ4v) is 1.47. The van der Waals surface area contributed by atoms with Crippen LogP contribution in [0.4, 0.5) is 5.69 Å². The lowest BCUT2D eigenvalue weighted by atomic mass is 10.2. The van der Waals surface area contributed by atoms with Gasteiger partial charge in [0.2, 0.25) is 0 Å². The average molecular weight is 222 g/mol. The second kappa shape index (κ2) is 6.51. The van der Waals surface area contributed by atoms with Crippen LogP contribution >= 0.6 is 0 Å². The third-order valence-electron chi connectivity index (χ3n) is 2.53. The molecule has 0 heterocycles. The molecule has 0 fully saturated rings. The number of anilines is 1. The molecular weight excluding hydrogens is 200 g/mol. The third kappa shape index (κ3) is 4.21. The van der Waals surface area contributed by atoms with E-state index in [1.165, 1.54) is 5.56 Å². The molecule has 3 heteroatoms. The minimum absolute atomic E-state index is 0.188. The first-order chi connectivity index (χ1) is 7.63. The molecule has 16 heavy (non-hydrogen) atoms. The van der Waals surface area contributed by atoms with Crippen molar-refractivity contribution in [1.29, 1.82) is 0 Å². The third-order valence-corrected chi connectivity index (χ3v) is 2.53. The Morgan fingerprint density at radius 2 is 1.88 bits per heavy atom. The van der Waals surface area contributed by atoms with E-state index in [2.05, 4.69) is 43.4 Å². The number of rotatable bonds is 6. The molecular formula is C13H22N2O. The summed E-state index contributed by atoms with van der Waals surface area (Å²) in [5, 5.41) is 12.2. The predicted octanol–water partition coefficient (Wildman–Crippen LogP) is 1.61. The Morgan fingerprint density at radius 3 is 2.38 bits per heavy atom. The van der Waals surface area contributed by atoms with Crippen LogP contribution < -0.4 is 10.2 Å². The van der Waals surface area contributed by atoms with Gasteiger partial charge in [-0.2, -0.15) is 0 Å². The lowest BCUT2D eigenvalue weighted by Gasteiger charge is -2.18. The fraction of sp³-hybridized carbons (Fsp3) is 0.538. The van der Waals surface area contributed by atoms with E-state index < -0.39 is 0 Å². The summed E-state index contributed by atoms with van der Waals surface area (Å²) in [6.07, 6.45) is 0. The van der Waals surface area contributed by atoms with Gasteiger partial charge in [0.15, 0.2) is 0 Å². The van der Waals surface area contributed by atoms with Gasteiger partial charge in [0.1, 0.15) is 0 Å². The Kier molecular flexibility index (Phi) is 5.29. The highest BCUT2D eigenvalue weighted by Crippen LogP contribution is 2.13. The van der Waals surface area contributed by atoms with E-state index in [1.807, 2.05) is 11.9 Å². The average Bonchev–Trinajstić information content (AvgIpc) is 2.27. The number of benzene rings is 1. The molecule has 0 unspecified atom stereocenters. The van der Waals surface area contributed by atoms with Gasteiger partial charge >= 0.3 is 0 Å². The molecule has 2 N–H and O–H groups in total. The van der Waals surface area contributed by atoms with Crippen molar-refractivity contribution < 1.29 is 5.11 Å². The van der Waals surface area contributed by atoms with Crippen molar-refractivity contribution in [3.63, 3.8) is 0 Å². The summed E-state index contributed by atoms with van der Waals surface area (Å²) in [7, 11) is 1.98. The summed E-state index contributed by atoms with van der Waals surface area (Å²) in [5.41, 5.74) is 2.43. The zero-order chi connectivity index (χ0) is 12.0. The normalized spacial score (nSPS) is 10.8. The second-order valence-corrected chi connectivity index (χ2v) is 4.35. The minimum atomic E-state index is 0.188. The molecule has 90 valence electrons. The van der Waals surface area contributed by atoms with E-state index in [1.54, 1.807) is 0 Å². The Bertz CT molecular complexity index is 295. The van der Waals surface area contributed by atoms with Gasteiger partial charge in [0, 0.05) is 31.9 Å². The monoisotopic (exact) mass is 222 g/mol.